The molecule has 2 N–H and O–H groups in total. The van der Waals surface area contributed by atoms with Crippen LogP contribution in [0.3, 0.4) is 0 Å². The molecule has 1 fully saturated rings. The summed E-state index contributed by atoms with van der Waals surface area (Å²) in [5.74, 6) is 0.430. The van der Waals surface area contributed by atoms with Gasteiger partial charge in [-0.25, -0.2) is 0 Å². The van der Waals surface area contributed by atoms with Crippen LogP contribution in [0.5, 0.6) is 0 Å². The van der Waals surface area contributed by atoms with Crippen molar-refractivity contribution in [2.45, 2.75) is 12.3 Å². The maximum atomic E-state index is 6.07. The Bertz CT molecular complexity index is 573. The first kappa shape index (κ1) is 14.5. The topological polar surface area (TPSA) is 38.5 Å². The normalized spacial score (nSPS) is 18.0. The zero-order chi connectivity index (χ0) is 14.5. The van der Waals surface area contributed by atoms with Gasteiger partial charge in [0.1, 0.15) is 0 Å². The van der Waals surface area contributed by atoms with Gasteiger partial charge in [0.05, 0.1) is 13.2 Å². The number of ether oxygens (including phenoxy) is 1. The number of nitrogens with two attached hydrogens (primary N) is 1. The van der Waals surface area contributed by atoms with Gasteiger partial charge in [0.25, 0.3) is 0 Å². The minimum absolute atomic E-state index is 0.430. The Morgan fingerprint density at radius 3 is 2.62 bits per heavy atom. The van der Waals surface area contributed by atoms with E-state index in [1.165, 1.54) is 16.3 Å². The van der Waals surface area contributed by atoms with Crippen molar-refractivity contribution >= 4 is 10.8 Å². The molecule has 0 aromatic heterocycles. The SMILES string of the molecule is NC[C@H](CCN1CCOCC1)c1cccc2ccccc12. The molecule has 3 heteroatoms. The Labute approximate surface area is 126 Å². The van der Waals surface area contributed by atoms with Crippen LogP contribution in [0.15, 0.2) is 42.5 Å². The van der Waals surface area contributed by atoms with Crippen LogP contribution in [0.4, 0.5) is 0 Å². The molecular formula is C18H24N2O. The Hall–Kier alpha value is -1.42. The maximum absolute atomic E-state index is 6.07. The summed E-state index contributed by atoms with van der Waals surface area (Å²) in [6, 6.07) is 15.2. The fourth-order valence-corrected chi connectivity index (χ4v) is 3.17. The van der Waals surface area contributed by atoms with Crippen molar-refractivity contribution in [1.29, 1.82) is 0 Å². The molecule has 1 aliphatic rings. The van der Waals surface area contributed by atoms with Gasteiger partial charge < -0.3 is 10.5 Å². The van der Waals surface area contributed by atoms with Gasteiger partial charge in [-0.05, 0) is 41.8 Å². The van der Waals surface area contributed by atoms with E-state index in [1.54, 1.807) is 0 Å². The number of fused-ring (bicyclic) bond motifs is 1. The Balaban J connectivity index is 1.75. The lowest BCUT2D eigenvalue weighted by Crippen LogP contribution is -2.37. The van der Waals surface area contributed by atoms with E-state index < -0.39 is 0 Å². The summed E-state index contributed by atoms with van der Waals surface area (Å²) in [4.78, 5) is 2.48. The van der Waals surface area contributed by atoms with Gasteiger partial charge in [0.2, 0.25) is 0 Å². The predicted molar refractivity (Wildman–Crippen MR) is 87.6 cm³/mol. The quantitative estimate of drug-likeness (QED) is 0.917. The van der Waals surface area contributed by atoms with E-state index in [2.05, 4.69) is 47.4 Å². The average Bonchev–Trinajstić information content (AvgIpc) is 2.56. The van der Waals surface area contributed by atoms with Crippen molar-refractivity contribution in [2.75, 3.05) is 39.4 Å². The highest BCUT2D eigenvalue weighted by molar-refractivity contribution is 5.86. The van der Waals surface area contributed by atoms with Gasteiger partial charge >= 0.3 is 0 Å². The lowest BCUT2D eigenvalue weighted by molar-refractivity contribution is 0.0366. The third-order valence-electron chi connectivity index (χ3n) is 4.45. The van der Waals surface area contributed by atoms with Crippen LogP contribution in [0.2, 0.25) is 0 Å². The molecule has 2 aromatic carbocycles. The molecule has 0 bridgehead atoms. The van der Waals surface area contributed by atoms with Crippen molar-refractivity contribution in [2.24, 2.45) is 5.73 Å². The first-order valence-corrected chi connectivity index (χ1v) is 7.86. The smallest absolute Gasteiger partial charge is 0.0594 e. The van der Waals surface area contributed by atoms with E-state index in [4.69, 9.17) is 10.5 Å². The lowest BCUT2D eigenvalue weighted by atomic mass is 9.91. The van der Waals surface area contributed by atoms with Crippen LogP contribution in [0, 0.1) is 0 Å². The molecule has 1 saturated heterocycles. The molecule has 0 unspecified atom stereocenters. The maximum Gasteiger partial charge on any atom is 0.0594 e. The zero-order valence-electron chi connectivity index (χ0n) is 12.5. The predicted octanol–water partition coefficient (Wildman–Crippen LogP) is 2.60. The molecular weight excluding hydrogens is 260 g/mol. The second-order valence-corrected chi connectivity index (χ2v) is 5.74. The van der Waals surface area contributed by atoms with E-state index in [1.807, 2.05) is 0 Å². The zero-order valence-corrected chi connectivity index (χ0v) is 12.5. The van der Waals surface area contributed by atoms with Crippen molar-refractivity contribution in [3.05, 3.63) is 48.0 Å². The van der Waals surface area contributed by atoms with E-state index in [0.717, 1.165) is 39.3 Å². The highest BCUT2D eigenvalue weighted by Crippen LogP contribution is 2.27. The molecule has 112 valence electrons. The number of benzene rings is 2. The summed E-state index contributed by atoms with van der Waals surface area (Å²) >= 11 is 0. The second kappa shape index (κ2) is 7.03. The monoisotopic (exact) mass is 284 g/mol. The van der Waals surface area contributed by atoms with Gasteiger partial charge in [-0.3, -0.25) is 4.90 Å². The minimum atomic E-state index is 0.430. The van der Waals surface area contributed by atoms with Crippen molar-refractivity contribution in [1.82, 2.24) is 4.90 Å². The van der Waals surface area contributed by atoms with E-state index in [-0.39, 0.29) is 0 Å². The number of rotatable bonds is 5. The summed E-state index contributed by atoms with van der Waals surface area (Å²) in [7, 11) is 0. The number of nitrogens with zero attached hydrogens (tertiary/aromatic N) is 1. The summed E-state index contributed by atoms with van der Waals surface area (Å²) in [6.45, 7) is 5.63. The standard InChI is InChI=1S/C18H24N2O/c19-14-16(8-9-20-10-12-21-13-11-20)18-7-3-5-15-4-1-2-6-17(15)18/h1-7,16H,8-14,19H2/t16-/m0/s1. The molecule has 0 saturated carbocycles. The van der Waals surface area contributed by atoms with Gasteiger partial charge in [-0.1, -0.05) is 42.5 Å². The number of hydrogen-bond donors (Lipinski definition) is 1. The van der Waals surface area contributed by atoms with Crippen molar-refractivity contribution in [3.63, 3.8) is 0 Å². The van der Waals surface area contributed by atoms with Crippen LogP contribution >= 0.6 is 0 Å². The Kier molecular flexibility index (Phi) is 4.86. The highest BCUT2D eigenvalue weighted by atomic mass is 16.5. The first-order chi connectivity index (χ1) is 10.4. The molecule has 3 nitrogen and oxygen atoms in total. The van der Waals surface area contributed by atoms with Crippen LogP contribution in [-0.2, 0) is 4.74 Å². The lowest BCUT2D eigenvalue weighted by Gasteiger charge is -2.28. The summed E-state index contributed by atoms with van der Waals surface area (Å²) in [6.07, 6.45) is 1.12. The molecule has 21 heavy (non-hydrogen) atoms. The Morgan fingerprint density at radius 2 is 1.81 bits per heavy atom. The minimum Gasteiger partial charge on any atom is -0.379 e. The molecule has 1 aliphatic heterocycles. The molecule has 0 spiro atoms. The summed E-state index contributed by atoms with van der Waals surface area (Å²) in [5.41, 5.74) is 7.46. The van der Waals surface area contributed by atoms with Crippen LogP contribution in [0.25, 0.3) is 10.8 Å². The molecule has 1 atom stereocenters. The molecule has 0 radical (unpaired) electrons. The van der Waals surface area contributed by atoms with Gasteiger partial charge in [-0.15, -0.1) is 0 Å². The van der Waals surface area contributed by atoms with Crippen molar-refractivity contribution in [3.8, 4) is 0 Å². The molecule has 2 aromatic rings. The largest absolute Gasteiger partial charge is 0.379 e. The molecule has 1 heterocycles. The molecule has 3 rings (SSSR count). The highest BCUT2D eigenvalue weighted by Gasteiger charge is 2.16. The number of morpholine rings is 1. The number of hydrogen-bond acceptors (Lipinski definition) is 3. The molecule has 0 aliphatic carbocycles. The van der Waals surface area contributed by atoms with E-state index in [0.29, 0.717) is 12.5 Å². The second-order valence-electron chi connectivity index (χ2n) is 5.74. The van der Waals surface area contributed by atoms with Gasteiger partial charge in [-0.2, -0.15) is 0 Å². The summed E-state index contributed by atoms with van der Waals surface area (Å²) < 4.78 is 5.41. The van der Waals surface area contributed by atoms with E-state index in [9.17, 15) is 0 Å². The van der Waals surface area contributed by atoms with Gasteiger partial charge in [0.15, 0.2) is 0 Å². The average molecular weight is 284 g/mol. The van der Waals surface area contributed by atoms with Crippen molar-refractivity contribution < 1.29 is 4.74 Å². The third-order valence-corrected chi connectivity index (χ3v) is 4.45. The van der Waals surface area contributed by atoms with Crippen LogP contribution in [-0.4, -0.2) is 44.3 Å². The van der Waals surface area contributed by atoms with Crippen LogP contribution in [0.1, 0.15) is 17.9 Å². The van der Waals surface area contributed by atoms with Gasteiger partial charge in [0, 0.05) is 13.1 Å². The van der Waals surface area contributed by atoms with Crippen LogP contribution < -0.4 is 5.73 Å². The fourth-order valence-electron chi connectivity index (χ4n) is 3.17. The Morgan fingerprint density at radius 1 is 1.05 bits per heavy atom. The third kappa shape index (κ3) is 3.43. The summed E-state index contributed by atoms with van der Waals surface area (Å²) in [5, 5.41) is 2.65. The fraction of sp³-hybridized carbons (Fsp3) is 0.444. The van der Waals surface area contributed by atoms with E-state index >= 15 is 0 Å². The molecule has 0 amide bonds. The first-order valence-electron chi connectivity index (χ1n) is 7.86.